The first-order valence-electron chi connectivity index (χ1n) is 6.43. The van der Waals surface area contributed by atoms with Gasteiger partial charge in [-0.25, -0.2) is 9.97 Å². The molecule has 1 saturated heterocycles. The molecule has 0 bridgehead atoms. The number of nitrogens with zero attached hydrogens (tertiary/aromatic N) is 3. The quantitative estimate of drug-likeness (QED) is 0.797. The van der Waals surface area contributed by atoms with Crippen molar-refractivity contribution in [2.24, 2.45) is 0 Å². The fourth-order valence-corrected chi connectivity index (χ4v) is 2.95. The van der Waals surface area contributed by atoms with E-state index in [0.29, 0.717) is 6.04 Å². The van der Waals surface area contributed by atoms with E-state index in [1.54, 1.807) is 0 Å². The maximum Gasteiger partial charge on any atom is 0.151 e. The molecule has 0 saturated carbocycles. The van der Waals surface area contributed by atoms with Crippen molar-refractivity contribution >= 4 is 32.8 Å². The summed E-state index contributed by atoms with van der Waals surface area (Å²) in [5.74, 6) is 0.978. The first-order valence-corrected chi connectivity index (χ1v) is 7.55. The summed E-state index contributed by atoms with van der Waals surface area (Å²) in [6.45, 7) is 4.37. The predicted molar refractivity (Wildman–Crippen MR) is 80.0 cm³/mol. The van der Waals surface area contributed by atoms with Gasteiger partial charge >= 0.3 is 0 Å². The SMILES string of the molecule is Cc1nc2ccccc2nc1N1CCOCC1CBr. The zero-order valence-electron chi connectivity index (χ0n) is 10.8. The van der Waals surface area contributed by atoms with Gasteiger partial charge in [0.1, 0.15) is 0 Å². The van der Waals surface area contributed by atoms with Gasteiger partial charge in [0.05, 0.1) is 36.0 Å². The Hall–Kier alpha value is -1.20. The highest BCUT2D eigenvalue weighted by Crippen LogP contribution is 2.24. The van der Waals surface area contributed by atoms with E-state index in [4.69, 9.17) is 9.72 Å². The van der Waals surface area contributed by atoms with Gasteiger partial charge in [-0.15, -0.1) is 0 Å². The monoisotopic (exact) mass is 321 g/mol. The summed E-state index contributed by atoms with van der Waals surface area (Å²) in [4.78, 5) is 11.7. The summed E-state index contributed by atoms with van der Waals surface area (Å²) in [5.41, 5.74) is 2.88. The number of rotatable bonds is 2. The van der Waals surface area contributed by atoms with Gasteiger partial charge in [0.15, 0.2) is 5.82 Å². The summed E-state index contributed by atoms with van der Waals surface area (Å²) in [6, 6.07) is 8.32. The van der Waals surface area contributed by atoms with E-state index < -0.39 is 0 Å². The summed E-state index contributed by atoms with van der Waals surface area (Å²) >= 11 is 3.55. The van der Waals surface area contributed by atoms with Gasteiger partial charge in [-0.1, -0.05) is 28.1 Å². The number of benzene rings is 1. The van der Waals surface area contributed by atoms with Crippen LogP contribution < -0.4 is 4.90 Å². The molecule has 0 amide bonds. The number of aryl methyl sites for hydroxylation is 1. The van der Waals surface area contributed by atoms with E-state index in [1.165, 1.54) is 0 Å². The molecule has 0 aliphatic carbocycles. The van der Waals surface area contributed by atoms with Crippen molar-refractivity contribution in [3.05, 3.63) is 30.0 Å². The lowest BCUT2D eigenvalue weighted by Gasteiger charge is -2.36. The minimum atomic E-state index is 0.322. The van der Waals surface area contributed by atoms with E-state index in [2.05, 4.69) is 25.8 Å². The van der Waals surface area contributed by atoms with Crippen LogP contribution in [0.4, 0.5) is 5.82 Å². The standard InChI is InChI=1S/C14H16BrN3O/c1-10-14(18-6-7-19-9-11(18)8-15)17-13-5-3-2-4-12(13)16-10/h2-5,11H,6-9H2,1H3. The van der Waals surface area contributed by atoms with Crippen LogP contribution in [0.1, 0.15) is 5.69 Å². The van der Waals surface area contributed by atoms with E-state index in [-0.39, 0.29) is 0 Å². The van der Waals surface area contributed by atoms with Gasteiger partial charge in [0.2, 0.25) is 0 Å². The number of fused-ring (bicyclic) bond motifs is 1. The van der Waals surface area contributed by atoms with E-state index in [9.17, 15) is 0 Å². The number of aromatic nitrogens is 2. The molecule has 3 rings (SSSR count). The number of halogens is 1. The van der Waals surface area contributed by atoms with Crippen LogP contribution in [-0.2, 0) is 4.74 Å². The molecular formula is C14H16BrN3O. The first kappa shape index (κ1) is 12.8. The van der Waals surface area contributed by atoms with Crippen molar-refractivity contribution in [3.8, 4) is 0 Å². The molecule has 4 nitrogen and oxygen atoms in total. The van der Waals surface area contributed by atoms with Crippen LogP contribution in [0.5, 0.6) is 0 Å². The van der Waals surface area contributed by atoms with Crippen LogP contribution in [0.2, 0.25) is 0 Å². The summed E-state index contributed by atoms with van der Waals surface area (Å²) in [5, 5.41) is 0.876. The van der Waals surface area contributed by atoms with Crippen molar-refractivity contribution in [1.82, 2.24) is 9.97 Å². The number of ether oxygens (including phenoxy) is 1. The number of anilines is 1. The second kappa shape index (κ2) is 5.43. The third-order valence-corrected chi connectivity index (χ3v) is 4.14. The lowest BCUT2D eigenvalue weighted by atomic mass is 10.2. The molecule has 1 aromatic heterocycles. The Kier molecular flexibility index (Phi) is 3.66. The van der Waals surface area contributed by atoms with Crippen molar-refractivity contribution in [2.45, 2.75) is 13.0 Å². The fraction of sp³-hybridized carbons (Fsp3) is 0.429. The fourth-order valence-electron chi connectivity index (χ4n) is 2.41. The zero-order valence-corrected chi connectivity index (χ0v) is 12.4. The zero-order chi connectivity index (χ0) is 13.2. The summed E-state index contributed by atoms with van der Waals surface area (Å²) in [7, 11) is 0. The van der Waals surface area contributed by atoms with Crippen LogP contribution in [0.25, 0.3) is 11.0 Å². The van der Waals surface area contributed by atoms with Gasteiger partial charge in [0.25, 0.3) is 0 Å². The maximum atomic E-state index is 5.53. The second-order valence-corrected chi connectivity index (χ2v) is 5.35. The minimum absolute atomic E-state index is 0.322. The Morgan fingerprint density at radius 2 is 2.05 bits per heavy atom. The molecule has 1 fully saturated rings. The molecule has 1 aliphatic rings. The van der Waals surface area contributed by atoms with E-state index >= 15 is 0 Å². The molecule has 100 valence electrons. The number of alkyl halides is 1. The van der Waals surface area contributed by atoms with Crippen LogP contribution in [0.15, 0.2) is 24.3 Å². The van der Waals surface area contributed by atoms with Crippen LogP contribution in [-0.4, -0.2) is 41.1 Å². The topological polar surface area (TPSA) is 38.2 Å². The third-order valence-electron chi connectivity index (χ3n) is 3.40. The van der Waals surface area contributed by atoms with Crippen molar-refractivity contribution < 1.29 is 4.74 Å². The van der Waals surface area contributed by atoms with Crippen molar-refractivity contribution in [2.75, 3.05) is 30.0 Å². The Bertz CT molecular complexity index is 590. The molecule has 1 unspecified atom stereocenters. The highest BCUT2D eigenvalue weighted by molar-refractivity contribution is 9.09. The van der Waals surface area contributed by atoms with Crippen molar-refractivity contribution in [3.63, 3.8) is 0 Å². The average molecular weight is 322 g/mol. The normalized spacial score (nSPS) is 19.9. The number of hydrogen-bond acceptors (Lipinski definition) is 4. The highest BCUT2D eigenvalue weighted by Gasteiger charge is 2.25. The second-order valence-electron chi connectivity index (χ2n) is 4.70. The molecule has 0 spiro atoms. The van der Waals surface area contributed by atoms with E-state index in [1.807, 2.05) is 31.2 Å². The third kappa shape index (κ3) is 2.44. The summed E-state index contributed by atoms with van der Waals surface area (Å²) in [6.07, 6.45) is 0. The van der Waals surface area contributed by atoms with Gasteiger partial charge in [-0.2, -0.15) is 0 Å². The Morgan fingerprint density at radius 3 is 2.79 bits per heavy atom. The molecule has 2 aromatic rings. The molecule has 5 heteroatoms. The average Bonchev–Trinajstić information content (AvgIpc) is 2.46. The number of para-hydroxylation sites is 2. The molecule has 0 radical (unpaired) electrons. The number of morpholine rings is 1. The van der Waals surface area contributed by atoms with Gasteiger partial charge in [-0.05, 0) is 19.1 Å². The molecule has 1 aliphatic heterocycles. The van der Waals surface area contributed by atoms with Crippen LogP contribution in [0.3, 0.4) is 0 Å². The highest BCUT2D eigenvalue weighted by atomic mass is 79.9. The first-order chi connectivity index (χ1) is 9.29. The van der Waals surface area contributed by atoms with Gasteiger partial charge in [-0.3, -0.25) is 0 Å². The molecule has 1 atom stereocenters. The Morgan fingerprint density at radius 1 is 1.32 bits per heavy atom. The lowest BCUT2D eigenvalue weighted by Crippen LogP contribution is -2.47. The smallest absolute Gasteiger partial charge is 0.151 e. The van der Waals surface area contributed by atoms with Gasteiger partial charge < -0.3 is 9.64 Å². The molecule has 2 heterocycles. The summed E-state index contributed by atoms with van der Waals surface area (Å²) < 4.78 is 5.53. The number of hydrogen-bond donors (Lipinski definition) is 0. The Balaban J connectivity index is 2.05. The maximum absolute atomic E-state index is 5.53. The van der Waals surface area contributed by atoms with Gasteiger partial charge in [0, 0.05) is 11.9 Å². The molecule has 0 N–H and O–H groups in total. The van der Waals surface area contributed by atoms with E-state index in [0.717, 1.165) is 47.6 Å². The molecule has 19 heavy (non-hydrogen) atoms. The molecular weight excluding hydrogens is 306 g/mol. The lowest BCUT2D eigenvalue weighted by molar-refractivity contribution is 0.0999. The molecule has 1 aromatic carbocycles. The minimum Gasteiger partial charge on any atom is -0.377 e. The predicted octanol–water partition coefficient (Wildman–Crippen LogP) is 2.54. The van der Waals surface area contributed by atoms with Crippen molar-refractivity contribution in [1.29, 1.82) is 0 Å². The van der Waals surface area contributed by atoms with Crippen LogP contribution in [0, 0.1) is 6.92 Å². The van der Waals surface area contributed by atoms with Crippen LogP contribution >= 0.6 is 15.9 Å². The Labute approximate surface area is 120 Å². The largest absolute Gasteiger partial charge is 0.377 e.